The summed E-state index contributed by atoms with van der Waals surface area (Å²) in [5.41, 5.74) is 7.36. The van der Waals surface area contributed by atoms with Gasteiger partial charge in [-0.05, 0) is 37.8 Å². The van der Waals surface area contributed by atoms with Gasteiger partial charge in [0.05, 0.1) is 0 Å². The van der Waals surface area contributed by atoms with Crippen LogP contribution < -0.4 is 11.1 Å². The number of nitrogens with one attached hydrogen (secondary N) is 1. The van der Waals surface area contributed by atoms with E-state index in [-0.39, 0.29) is 11.9 Å². The Kier molecular flexibility index (Phi) is 4.91. The average molecular weight is 261 g/mol. The van der Waals surface area contributed by atoms with Crippen LogP contribution in [0.3, 0.4) is 0 Å². The lowest BCUT2D eigenvalue weighted by atomic mass is 9.84. The molecule has 0 spiro atoms. The van der Waals surface area contributed by atoms with Crippen molar-refractivity contribution in [2.24, 2.45) is 11.7 Å². The van der Waals surface area contributed by atoms with Crippen LogP contribution in [0.15, 0.2) is 18.3 Å². The number of carbonyl (C=O) groups is 1. The molecule has 0 radical (unpaired) electrons. The molecule has 1 aromatic heterocycles. The maximum absolute atomic E-state index is 12.2. The number of hydrogen-bond donors (Lipinski definition) is 2. The smallest absolute Gasteiger partial charge is 0.251 e. The standard InChI is InChI=1S/C15H23N3O/c1-11-9-13(7-8-17-11)15(19)18-14(10-16)12-5-3-2-4-6-12/h7-9,12,14H,2-6,10,16H2,1H3,(H,18,19). The Bertz CT molecular complexity index is 427. The summed E-state index contributed by atoms with van der Waals surface area (Å²) in [7, 11) is 0. The number of nitrogens with two attached hydrogens (primary N) is 1. The van der Waals surface area contributed by atoms with Crippen molar-refractivity contribution in [2.45, 2.75) is 45.1 Å². The summed E-state index contributed by atoms with van der Waals surface area (Å²) in [5.74, 6) is 0.497. The third-order valence-electron chi connectivity index (χ3n) is 3.95. The van der Waals surface area contributed by atoms with Crippen LogP contribution in [0.25, 0.3) is 0 Å². The second kappa shape index (κ2) is 6.66. The average Bonchev–Trinajstić information content (AvgIpc) is 2.45. The molecule has 1 saturated carbocycles. The van der Waals surface area contributed by atoms with Crippen LogP contribution in [0.4, 0.5) is 0 Å². The summed E-state index contributed by atoms with van der Waals surface area (Å²) < 4.78 is 0. The van der Waals surface area contributed by atoms with E-state index in [1.807, 2.05) is 13.0 Å². The maximum atomic E-state index is 12.2. The fraction of sp³-hybridized carbons (Fsp3) is 0.600. The molecule has 2 rings (SSSR count). The highest BCUT2D eigenvalue weighted by Gasteiger charge is 2.24. The summed E-state index contributed by atoms with van der Waals surface area (Å²) in [6, 6.07) is 3.65. The number of carbonyl (C=O) groups excluding carboxylic acids is 1. The first-order valence-corrected chi connectivity index (χ1v) is 7.14. The first-order valence-electron chi connectivity index (χ1n) is 7.14. The molecule has 1 aliphatic rings. The number of rotatable bonds is 4. The summed E-state index contributed by atoms with van der Waals surface area (Å²) in [6.45, 7) is 2.40. The van der Waals surface area contributed by atoms with Crippen molar-refractivity contribution in [1.82, 2.24) is 10.3 Å². The molecule has 19 heavy (non-hydrogen) atoms. The van der Waals surface area contributed by atoms with Crippen LogP contribution in [-0.4, -0.2) is 23.5 Å². The lowest BCUT2D eigenvalue weighted by Crippen LogP contribution is -2.45. The van der Waals surface area contributed by atoms with Gasteiger partial charge in [-0.25, -0.2) is 0 Å². The van der Waals surface area contributed by atoms with Crippen molar-refractivity contribution < 1.29 is 4.79 Å². The number of nitrogens with zero attached hydrogens (tertiary/aromatic N) is 1. The SMILES string of the molecule is Cc1cc(C(=O)NC(CN)C2CCCCC2)ccn1. The van der Waals surface area contributed by atoms with Gasteiger partial charge >= 0.3 is 0 Å². The molecule has 4 heteroatoms. The van der Waals surface area contributed by atoms with Crippen LogP contribution >= 0.6 is 0 Å². The van der Waals surface area contributed by atoms with Gasteiger partial charge in [0.15, 0.2) is 0 Å². The third-order valence-corrected chi connectivity index (χ3v) is 3.95. The molecule has 0 saturated heterocycles. The molecular formula is C15H23N3O. The first kappa shape index (κ1) is 14.0. The summed E-state index contributed by atoms with van der Waals surface area (Å²) in [4.78, 5) is 16.3. The maximum Gasteiger partial charge on any atom is 0.251 e. The Hall–Kier alpha value is -1.42. The van der Waals surface area contributed by atoms with Crippen molar-refractivity contribution in [3.05, 3.63) is 29.6 Å². The van der Waals surface area contributed by atoms with E-state index in [2.05, 4.69) is 10.3 Å². The number of aromatic nitrogens is 1. The van der Waals surface area contributed by atoms with E-state index in [4.69, 9.17) is 5.73 Å². The summed E-state index contributed by atoms with van der Waals surface area (Å²) in [5, 5.41) is 3.09. The van der Waals surface area contributed by atoms with Crippen molar-refractivity contribution in [2.75, 3.05) is 6.54 Å². The van der Waals surface area contributed by atoms with Gasteiger partial charge in [0, 0.05) is 30.0 Å². The largest absolute Gasteiger partial charge is 0.348 e. The van der Waals surface area contributed by atoms with E-state index in [0.717, 1.165) is 5.69 Å². The van der Waals surface area contributed by atoms with Crippen LogP contribution in [0.5, 0.6) is 0 Å². The second-order valence-corrected chi connectivity index (χ2v) is 5.40. The highest BCUT2D eigenvalue weighted by atomic mass is 16.1. The molecule has 0 aliphatic heterocycles. The highest BCUT2D eigenvalue weighted by molar-refractivity contribution is 5.94. The van der Waals surface area contributed by atoms with Crippen molar-refractivity contribution in [3.63, 3.8) is 0 Å². The topological polar surface area (TPSA) is 68.0 Å². The van der Waals surface area contributed by atoms with Gasteiger partial charge in [-0.3, -0.25) is 9.78 Å². The van der Waals surface area contributed by atoms with Gasteiger partial charge in [-0.15, -0.1) is 0 Å². The molecule has 3 N–H and O–H groups in total. The van der Waals surface area contributed by atoms with E-state index in [1.165, 1.54) is 32.1 Å². The molecule has 0 bridgehead atoms. The van der Waals surface area contributed by atoms with Gasteiger partial charge in [-0.1, -0.05) is 19.3 Å². The molecule has 4 nitrogen and oxygen atoms in total. The molecule has 1 aromatic rings. The minimum atomic E-state index is -0.0356. The predicted molar refractivity (Wildman–Crippen MR) is 75.9 cm³/mol. The Morgan fingerprint density at radius 2 is 2.21 bits per heavy atom. The van der Waals surface area contributed by atoms with Crippen LogP contribution in [0.2, 0.25) is 0 Å². The molecule has 1 atom stereocenters. The van der Waals surface area contributed by atoms with Gasteiger partial charge in [0.25, 0.3) is 5.91 Å². The van der Waals surface area contributed by atoms with Crippen LogP contribution in [0, 0.1) is 12.8 Å². The fourth-order valence-corrected chi connectivity index (χ4v) is 2.84. The van der Waals surface area contributed by atoms with Gasteiger partial charge in [-0.2, -0.15) is 0 Å². The highest BCUT2D eigenvalue weighted by Crippen LogP contribution is 2.26. The van der Waals surface area contributed by atoms with Crippen LogP contribution in [0.1, 0.15) is 48.2 Å². The second-order valence-electron chi connectivity index (χ2n) is 5.40. The summed E-state index contributed by atoms with van der Waals surface area (Å²) >= 11 is 0. The first-order chi connectivity index (χ1) is 9.20. The van der Waals surface area contributed by atoms with E-state index >= 15 is 0 Å². The molecule has 1 fully saturated rings. The Morgan fingerprint density at radius 3 is 2.84 bits per heavy atom. The molecule has 1 aliphatic carbocycles. The van der Waals surface area contributed by atoms with Crippen LogP contribution in [-0.2, 0) is 0 Å². The minimum Gasteiger partial charge on any atom is -0.348 e. The zero-order valence-electron chi connectivity index (χ0n) is 11.6. The van der Waals surface area contributed by atoms with Gasteiger partial charge < -0.3 is 11.1 Å². The number of amides is 1. The molecule has 0 aromatic carbocycles. The summed E-state index contributed by atoms with van der Waals surface area (Å²) in [6.07, 6.45) is 7.85. The molecule has 104 valence electrons. The number of hydrogen-bond acceptors (Lipinski definition) is 3. The van der Waals surface area contributed by atoms with Gasteiger partial charge in [0.1, 0.15) is 0 Å². The molecule has 1 unspecified atom stereocenters. The zero-order valence-corrected chi connectivity index (χ0v) is 11.6. The third kappa shape index (κ3) is 3.77. The van der Waals surface area contributed by atoms with E-state index in [1.54, 1.807) is 12.3 Å². The van der Waals surface area contributed by atoms with Crippen molar-refractivity contribution in [1.29, 1.82) is 0 Å². The minimum absolute atomic E-state index is 0.0356. The lowest BCUT2D eigenvalue weighted by molar-refractivity contribution is 0.0915. The van der Waals surface area contributed by atoms with Crippen molar-refractivity contribution in [3.8, 4) is 0 Å². The number of pyridine rings is 1. The molecule has 1 amide bonds. The Labute approximate surface area is 114 Å². The van der Waals surface area contributed by atoms with Crippen molar-refractivity contribution >= 4 is 5.91 Å². The van der Waals surface area contributed by atoms with E-state index in [0.29, 0.717) is 18.0 Å². The normalized spacial score (nSPS) is 18.0. The molecular weight excluding hydrogens is 238 g/mol. The Balaban J connectivity index is 1.99. The lowest BCUT2D eigenvalue weighted by Gasteiger charge is -2.30. The zero-order chi connectivity index (χ0) is 13.7. The van der Waals surface area contributed by atoms with E-state index in [9.17, 15) is 4.79 Å². The number of aryl methyl sites for hydroxylation is 1. The quantitative estimate of drug-likeness (QED) is 0.871. The predicted octanol–water partition coefficient (Wildman–Crippen LogP) is 2.03. The Morgan fingerprint density at radius 1 is 1.47 bits per heavy atom. The van der Waals surface area contributed by atoms with Gasteiger partial charge in [0.2, 0.25) is 0 Å². The fourth-order valence-electron chi connectivity index (χ4n) is 2.84. The van der Waals surface area contributed by atoms with E-state index < -0.39 is 0 Å². The monoisotopic (exact) mass is 261 g/mol. The molecule has 1 heterocycles.